The minimum atomic E-state index is 0.243. The number of benzene rings is 1. The monoisotopic (exact) mass is 294 g/mol. The van der Waals surface area contributed by atoms with E-state index in [0.717, 1.165) is 28.8 Å². The average Bonchev–Trinajstić information content (AvgIpc) is 2.38. The predicted octanol–water partition coefficient (Wildman–Crippen LogP) is 4.85. The summed E-state index contributed by atoms with van der Waals surface area (Å²) in [5.41, 5.74) is 0.856. The van der Waals surface area contributed by atoms with Crippen LogP contribution >= 0.6 is 15.9 Å². The second-order valence-electron chi connectivity index (χ2n) is 4.98. The highest BCUT2D eigenvalue weighted by Gasteiger charge is 2.27. The van der Waals surface area contributed by atoms with Crippen LogP contribution in [0.4, 0.5) is 0 Å². The van der Waals surface area contributed by atoms with E-state index in [2.05, 4.69) is 22.9 Å². The SMILES string of the molecule is CCC1CCCC(C(=O)c2ccccc2Br)C1. The van der Waals surface area contributed by atoms with Gasteiger partial charge in [0.2, 0.25) is 0 Å². The maximum absolute atomic E-state index is 12.5. The van der Waals surface area contributed by atoms with Crippen LogP contribution in [0.2, 0.25) is 0 Å². The van der Waals surface area contributed by atoms with Crippen molar-refractivity contribution in [3.05, 3.63) is 34.3 Å². The van der Waals surface area contributed by atoms with E-state index in [1.54, 1.807) is 0 Å². The maximum atomic E-state index is 12.5. The first-order chi connectivity index (χ1) is 8.22. The third-order valence-corrected chi connectivity index (χ3v) is 4.56. The van der Waals surface area contributed by atoms with Crippen LogP contribution in [0.1, 0.15) is 49.4 Å². The normalized spacial score (nSPS) is 24.6. The van der Waals surface area contributed by atoms with Crippen LogP contribution in [0.15, 0.2) is 28.7 Å². The van der Waals surface area contributed by atoms with E-state index in [0.29, 0.717) is 5.78 Å². The number of carbonyl (C=O) groups excluding carboxylic acids is 1. The van der Waals surface area contributed by atoms with Gasteiger partial charge in [-0.15, -0.1) is 0 Å². The van der Waals surface area contributed by atoms with Crippen LogP contribution in [-0.2, 0) is 0 Å². The molecule has 1 fully saturated rings. The van der Waals surface area contributed by atoms with Crippen LogP contribution in [0.3, 0.4) is 0 Å². The van der Waals surface area contributed by atoms with E-state index in [1.807, 2.05) is 24.3 Å². The molecule has 2 unspecified atom stereocenters. The quantitative estimate of drug-likeness (QED) is 0.729. The van der Waals surface area contributed by atoms with Gasteiger partial charge in [-0.1, -0.05) is 60.3 Å². The Balaban J connectivity index is 2.12. The van der Waals surface area contributed by atoms with Crippen molar-refractivity contribution in [1.82, 2.24) is 0 Å². The molecule has 1 aromatic rings. The summed E-state index contributed by atoms with van der Waals surface area (Å²) >= 11 is 3.47. The Morgan fingerprint density at radius 1 is 1.35 bits per heavy atom. The van der Waals surface area contributed by atoms with E-state index >= 15 is 0 Å². The molecule has 0 saturated heterocycles. The third kappa shape index (κ3) is 2.98. The van der Waals surface area contributed by atoms with Crippen LogP contribution in [-0.4, -0.2) is 5.78 Å². The van der Waals surface area contributed by atoms with Gasteiger partial charge in [-0.25, -0.2) is 0 Å². The lowest BCUT2D eigenvalue weighted by Gasteiger charge is -2.27. The largest absolute Gasteiger partial charge is 0.294 e. The molecule has 1 aromatic carbocycles. The van der Waals surface area contributed by atoms with Gasteiger partial charge in [0.15, 0.2) is 5.78 Å². The maximum Gasteiger partial charge on any atom is 0.167 e. The lowest BCUT2D eigenvalue weighted by molar-refractivity contribution is 0.0861. The van der Waals surface area contributed by atoms with Gasteiger partial charge in [0.25, 0.3) is 0 Å². The minimum Gasteiger partial charge on any atom is -0.294 e. The van der Waals surface area contributed by atoms with Crippen molar-refractivity contribution < 1.29 is 4.79 Å². The molecule has 1 nitrogen and oxygen atoms in total. The molecular formula is C15H19BrO. The smallest absolute Gasteiger partial charge is 0.167 e. The van der Waals surface area contributed by atoms with Crippen molar-refractivity contribution in [1.29, 1.82) is 0 Å². The van der Waals surface area contributed by atoms with E-state index in [1.165, 1.54) is 19.3 Å². The second kappa shape index (κ2) is 5.81. The highest BCUT2D eigenvalue weighted by atomic mass is 79.9. The molecule has 2 atom stereocenters. The molecule has 0 N–H and O–H groups in total. The van der Waals surface area contributed by atoms with Gasteiger partial charge < -0.3 is 0 Å². The fraction of sp³-hybridized carbons (Fsp3) is 0.533. The zero-order valence-electron chi connectivity index (χ0n) is 10.3. The van der Waals surface area contributed by atoms with E-state index in [4.69, 9.17) is 0 Å². The van der Waals surface area contributed by atoms with Gasteiger partial charge in [0.1, 0.15) is 0 Å². The van der Waals surface area contributed by atoms with Crippen molar-refractivity contribution >= 4 is 21.7 Å². The standard InChI is InChI=1S/C15H19BrO/c1-2-11-6-5-7-12(10-11)15(17)13-8-3-4-9-14(13)16/h3-4,8-9,11-12H,2,5-7,10H2,1H3. The fourth-order valence-corrected chi connectivity index (χ4v) is 3.26. The third-order valence-electron chi connectivity index (χ3n) is 3.87. The predicted molar refractivity (Wildman–Crippen MR) is 74.2 cm³/mol. The molecule has 2 rings (SSSR count). The minimum absolute atomic E-state index is 0.243. The van der Waals surface area contributed by atoms with Gasteiger partial charge >= 0.3 is 0 Å². The molecule has 0 amide bonds. The summed E-state index contributed by atoms with van der Waals surface area (Å²) in [5.74, 6) is 1.32. The molecule has 1 aliphatic rings. The topological polar surface area (TPSA) is 17.1 Å². The number of carbonyl (C=O) groups is 1. The van der Waals surface area contributed by atoms with E-state index in [9.17, 15) is 4.79 Å². The highest BCUT2D eigenvalue weighted by molar-refractivity contribution is 9.10. The number of Topliss-reactive ketones (excluding diaryl/α,β-unsaturated/α-hetero) is 1. The molecule has 1 aliphatic carbocycles. The molecule has 0 aromatic heterocycles. The average molecular weight is 295 g/mol. The zero-order valence-corrected chi connectivity index (χ0v) is 11.9. The fourth-order valence-electron chi connectivity index (χ4n) is 2.78. The Hall–Kier alpha value is -0.630. The number of rotatable bonds is 3. The summed E-state index contributed by atoms with van der Waals surface area (Å²) in [6, 6.07) is 7.78. The van der Waals surface area contributed by atoms with Crippen LogP contribution in [0.25, 0.3) is 0 Å². The number of hydrogen-bond donors (Lipinski definition) is 0. The number of hydrogen-bond acceptors (Lipinski definition) is 1. The number of ketones is 1. The molecule has 0 radical (unpaired) electrons. The Morgan fingerprint density at radius 3 is 2.82 bits per heavy atom. The summed E-state index contributed by atoms with van der Waals surface area (Å²) in [7, 11) is 0. The van der Waals surface area contributed by atoms with Gasteiger partial charge in [-0.3, -0.25) is 4.79 Å². The van der Waals surface area contributed by atoms with Gasteiger partial charge in [-0.05, 0) is 24.8 Å². The van der Waals surface area contributed by atoms with Crippen LogP contribution in [0, 0.1) is 11.8 Å². The molecule has 0 heterocycles. The van der Waals surface area contributed by atoms with Crippen molar-refractivity contribution in [2.45, 2.75) is 39.0 Å². The molecule has 0 aliphatic heterocycles. The summed E-state index contributed by atoms with van der Waals surface area (Å²) in [4.78, 5) is 12.5. The van der Waals surface area contributed by atoms with Crippen LogP contribution < -0.4 is 0 Å². The van der Waals surface area contributed by atoms with Crippen LogP contribution in [0.5, 0.6) is 0 Å². The molecule has 17 heavy (non-hydrogen) atoms. The van der Waals surface area contributed by atoms with Gasteiger partial charge in [0.05, 0.1) is 0 Å². The Kier molecular flexibility index (Phi) is 4.38. The Bertz CT molecular complexity index is 400. The second-order valence-corrected chi connectivity index (χ2v) is 5.84. The van der Waals surface area contributed by atoms with Gasteiger partial charge in [-0.2, -0.15) is 0 Å². The molecular weight excluding hydrogens is 276 g/mol. The summed E-state index contributed by atoms with van der Waals surface area (Å²) in [6.07, 6.45) is 5.86. The Labute approximate surface area is 112 Å². The van der Waals surface area contributed by atoms with Crippen molar-refractivity contribution in [3.63, 3.8) is 0 Å². The zero-order chi connectivity index (χ0) is 12.3. The molecule has 92 valence electrons. The van der Waals surface area contributed by atoms with Crippen molar-refractivity contribution in [3.8, 4) is 0 Å². The summed E-state index contributed by atoms with van der Waals surface area (Å²) in [6.45, 7) is 2.23. The Morgan fingerprint density at radius 2 is 2.12 bits per heavy atom. The highest BCUT2D eigenvalue weighted by Crippen LogP contribution is 2.34. The summed E-state index contributed by atoms with van der Waals surface area (Å²) in [5, 5.41) is 0. The lowest BCUT2D eigenvalue weighted by Crippen LogP contribution is -2.23. The lowest BCUT2D eigenvalue weighted by atomic mass is 9.77. The van der Waals surface area contributed by atoms with E-state index < -0.39 is 0 Å². The molecule has 1 saturated carbocycles. The molecule has 0 spiro atoms. The first-order valence-corrected chi connectivity index (χ1v) is 7.30. The molecule has 0 bridgehead atoms. The van der Waals surface area contributed by atoms with Gasteiger partial charge in [0, 0.05) is 16.0 Å². The summed E-state index contributed by atoms with van der Waals surface area (Å²) < 4.78 is 0.934. The van der Waals surface area contributed by atoms with Crippen molar-refractivity contribution in [2.24, 2.45) is 11.8 Å². The van der Waals surface area contributed by atoms with E-state index in [-0.39, 0.29) is 5.92 Å². The first-order valence-electron chi connectivity index (χ1n) is 6.51. The first kappa shape index (κ1) is 12.8. The molecule has 2 heteroatoms. The van der Waals surface area contributed by atoms with Crippen molar-refractivity contribution in [2.75, 3.05) is 0 Å². The number of halogens is 1.